The van der Waals surface area contributed by atoms with Gasteiger partial charge in [-0.05, 0) is 49.4 Å². The van der Waals surface area contributed by atoms with Gasteiger partial charge in [-0.3, -0.25) is 4.79 Å². The number of aliphatic hydroxyl groups excluding tert-OH is 1. The summed E-state index contributed by atoms with van der Waals surface area (Å²) >= 11 is 0. The minimum absolute atomic E-state index is 0.137. The second kappa shape index (κ2) is 7.79. The summed E-state index contributed by atoms with van der Waals surface area (Å²) in [4.78, 5) is 12.0. The van der Waals surface area contributed by atoms with Crippen molar-refractivity contribution in [2.24, 2.45) is 5.92 Å². The van der Waals surface area contributed by atoms with Crippen LogP contribution in [0.1, 0.15) is 42.1 Å². The van der Waals surface area contributed by atoms with Gasteiger partial charge in [0, 0.05) is 18.7 Å². The number of carbonyl (C=O) groups excluding carboxylic acids is 1. The highest BCUT2D eigenvalue weighted by molar-refractivity contribution is 5.94. The summed E-state index contributed by atoms with van der Waals surface area (Å²) in [5.74, 6) is 0.375. The van der Waals surface area contributed by atoms with Crippen molar-refractivity contribution in [3.05, 3.63) is 29.3 Å². The van der Waals surface area contributed by atoms with Crippen molar-refractivity contribution < 1.29 is 15.0 Å². The van der Waals surface area contributed by atoms with Crippen molar-refractivity contribution in [1.82, 2.24) is 5.32 Å². The number of aromatic hydroxyl groups is 1. The molecule has 19 heavy (non-hydrogen) atoms. The second-order valence-corrected chi connectivity index (χ2v) is 4.88. The molecule has 1 atom stereocenters. The average molecular weight is 265 g/mol. The van der Waals surface area contributed by atoms with Crippen LogP contribution in [-0.4, -0.2) is 29.3 Å². The molecule has 0 radical (unpaired) electrons. The molecule has 0 saturated heterocycles. The third-order valence-electron chi connectivity index (χ3n) is 3.24. The van der Waals surface area contributed by atoms with Crippen molar-refractivity contribution in [1.29, 1.82) is 0 Å². The number of phenols is 1. The monoisotopic (exact) mass is 265 g/mol. The number of hydrogen-bond acceptors (Lipinski definition) is 3. The van der Waals surface area contributed by atoms with E-state index in [2.05, 4.69) is 12.2 Å². The molecule has 1 rings (SSSR count). The molecule has 1 unspecified atom stereocenters. The zero-order valence-electron chi connectivity index (χ0n) is 11.6. The fourth-order valence-electron chi connectivity index (χ4n) is 2.08. The summed E-state index contributed by atoms with van der Waals surface area (Å²) in [5, 5.41) is 21.3. The number of rotatable bonds is 7. The van der Waals surface area contributed by atoms with Crippen molar-refractivity contribution in [2.75, 3.05) is 13.2 Å². The minimum Gasteiger partial charge on any atom is -0.508 e. The van der Waals surface area contributed by atoms with E-state index in [0.717, 1.165) is 12.8 Å². The molecule has 0 bridgehead atoms. The zero-order chi connectivity index (χ0) is 14.3. The number of nitrogens with one attached hydrogen (secondary N) is 1. The van der Waals surface area contributed by atoms with E-state index in [1.54, 1.807) is 19.1 Å². The topological polar surface area (TPSA) is 69.6 Å². The van der Waals surface area contributed by atoms with E-state index >= 15 is 0 Å². The number of aryl methyl sites for hydroxylation is 1. The van der Waals surface area contributed by atoms with E-state index in [1.807, 2.05) is 0 Å². The van der Waals surface area contributed by atoms with E-state index < -0.39 is 0 Å². The second-order valence-electron chi connectivity index (χ2n) is 4.88. The van der Waals surface area contributed by atoms with E-state index in [1.165, 1.54) is 6.07 Å². The van der Waals surface area contributed by atoms with Crippen molar-refractivity contribution in [3.8, 4) is 5.75 Å². The number of phenolic OH excluding ortho intramolecular Hbond substituents is 1. The summed E-state index contributed by atoms with van der Waals surface area (Å²) in [6.07, 6.45) is 2.75. The van der Waals surface area contributed by atoms with Gasteiger partial charge in [0.15, 0.2) is 0 Å². The molecule has 0 heterocycles. The van der Waals surface area contributed by atoms with E-state index in [0.29, 0.717) is 30.0 Å². The Morgan fingerprint density at radius 2 is 2.11 bits per heavy atom. The summed E-state index contributed by atoms with van der Waals surface area (Å²) in [6.45, 7) is 4.58. The van der Waals surface area contributed by atoms with Gasteiger partial charge < -0.3 is 15.5 Å². The molecule has 4 nitrogen and oxygen atoms in total. The number of hydrogen-bond donors (Lipinski definition) is 3. The van der Waals surface area contributed by atoms with E-state index in [-0.39, 0.29) is 18.3 Å². The molecule has 0 spiro atoms. The lowest BCUT2D eigenvalue weighted by atomic mass is 10.00. The van der Waals surface area contributed by atoms with Crippen LogP contribution in [0.25, 0.3) is 0 Å². The number of carbonyl (C=O) groups is 1. The van der Waals surface area contributed by atoms with Crippen molar-refractivity contribution in [3.63, 3.8) is 0 Å². The van der Waals surface area contributed by atoms with Crippen LogP contribution < -0.4 is 5.32 Å². The summed E-state index contributed by atoms with van der Waals surface area (Å²) in [6, 6.07) is 4.81. The molecular formula is C15H23NO3. The molecule has 1 aromatic rings. The lowest BCUT2D eigenvalue weighted by molar-refractivity contribution is 0.0943. The molecule has 0 aliphatic heterocycles. The Bertz CT molecular complexity index is 412. The third kappa shape index (κ3) is 4.91. The Labute approximate surface area is 114 Å². The molecule has 1 aromatic carbocycles. The number of aliphatic hydroxyl groups is 1. The van der Waals surface area contributed by atoms with Crippen LogP contribution in [0.2, 0.25) is 0 Å². The van der Waals surface area contributed by atoms with Crippen LogP contribution in [0.4, 0.5) is 0 Å². The van der Waals surface area contributed by atoms with Crippen LogP contribution in [0.3, 0.4) is 0 Å². The molecule has 0 aliphatic rings. The van der Waals surface area contributed by atoms with Crippen LogP contribution in [-0.2, 0) is 0 Å². The molecule has 0 saturated carbocycles. The lowest BCUT2D eigenvalue weighted by Gasteiger charge is -2.15. The molecular weight excluding hydrogens is 242 g/mol. The molecule has 1 amide bonds. The zero-order valence-corrected chi connectivity index (χ0v) is 11.6. The quantitative estimate of drug-likeness (QED) is 0.708. The van der Waals surface area contributed by atoms with Crippen LogP contribution in [0, 0.1) is 12.8 Å². The highest BCUT2D eigenvalue weighted by Crippen LogP contribution is 2.17. The SMILES string of the molecule is CCCC(CCO)CNC(=O)c1ccc(O)c(C)c1. The first kappa shape index (κ1) is 15.5. The number of amides is 1. The Morgan fingerprint density at radius 3 is 2.68 bits per heavy atom. The average Bonchev–Trinajstić information content (AvgIpc) is 2.39. The first-order valence-electron chi connectivity index (χ1n) is 6.77. The predicted molar refractivity (Wildman–Crippen MR) is 75.3 cm³/mol. The predicted octanol–water partition coefficient (Wildman–Crippen LogP) is 2.23. The fraction of sp³-hybridized carbons (Fsp3) is 0.533. The highest BCUT2D eigenvalue weighted by Gasteiger charge is 2.11. The minimum atomic E-state index is -0.137. The normalized spacial score (nSPS) is 12.2. The van der Waals surface area contributed by atoms with Crippen molar-refractivity contribution >= 4 is 5.91 Å². The Balaban J connectivity index is 2.56. The van der Waals surface area contributed by atoms with Gasteiger partial charge >= 0.3 is 0 Å². The van der Waals surface area contributed by atoms with Gasteiger partial charge in [-0.2, -0.15) is 0 Å². The van der Waals surface area contributed by atoms with Crippen molar-refractivity contribution in [2.45, 2.75) is 33.1 Å². The fourth-order valence-corrected chi connectivity index (χ4v) is 2.08. The Kier molecular flexibility index (Phi) is 6.36. The van der Waals surface area contributed by atoms with Gasteiger partial charge in [-0.25, -0.2) is 0 Å². The molecule has 106 valence electrons. The Hall–Kier alpha value is -1.55. The summed E-state index contributed by atoms with van der Waals surface area (Å²) in [5.41, 5.74) is 1.24. The van der Waals surface area contributed by atoms with Crippen LogP contribution in [0.15, 0.2) is 18.2 Å². The summed E-state index contributed by atoms with van der Waals surface area (Å²) in [7, 11) is 0. The smallest absolute Gasteiger partial charge is 0.251 e. The van der Waals surface area contributed by atoms with Gasteiger partial charge in [0.25, 0.3) is 5.91 Å². The molecule has 0 aliphatic carbocycles. The molecule has 0 aromatic heterocycles. The van der Waals surface area contributed by atoms with Gasteiger partial charge in [0.1, 0.15) is 5.75 Å². The van der Waals surface area contributed by atoms with E-state index in [4.69, 9.17) is 5.11 Å². The van der Waals surface area contributed by atoms with Gasteiger partial charge in [-0.1, -0.05) is 13.3 Å². The first-order chi connectivity index (χ1) is 9.08. The van der Waals surface area contributed by atoms with Gasteiger partial charge in [0.2, 0.25) is 0 Å². The van der Waals surface area contributed by atoms with Crippen LogP contribution in [0.5, 0.6) is 5.75 Å². The standard InChI is InChI=1S/C15H23NO3/c1-3-4-12(7-8-17)10-16-15(19)13-5-6-14(18)11(2)9-13/h5-6,9,12,17-18H,3-4,7-8,10H2,1-2H3,(H,16,19). The highest BCUT2D eigenvalue weighted by atomic mass is 16.3. The maximum atomic E-state index is 12.0. The first-order valence-corrected chi connectivity index (χ1v) is 6.77. The third-order valence-corrected chi connectivity index (χ3v) is 3.24. The lowest BCUT2D eigenvalue weighted by Crippen LogP contribution is -2.29. The number of benzene rings is 1. The Morgan fingerprint density at radius 1 is 1.37 bits per heavy atom. The molecule has 4 heteroatoms. The maximum absolute atomic E-state index is 12.0. The van der Waals surface area contributed by atoms with Crippen LogP contribution >= 0.6 is 0 Å². The van der Waals surface area contributed by atoms with E-state index in [9.17, 15) is 9.90 Å². The molecule has 0 fully saturated rings. The molecule has 3 N–H and O–H groups in total. The largest absolute Gasteiger partial charge is 0.508 e. The van der Waals surface area contributed by atoms with Gasteiger partial charge in [-0.15, -0.1) is 0 Å². The van der Waals surface area contributed by atoms with Gasteiger partial charge in [0.05, 0.1) is 0 Å². The maximum Gasteiger partial charge on any atom is 0.251 e. The summed E-state index contributed by atoms with van der Waals surface area (Å²) < 4.78 is 0.